The maximum Gasteiger partial charge on any atom is 0.403 e. The molecule has 0 aliphatic rings. The quantitative estimate of drug-likeness (QED) is 0.258. The number of rotatable bonds is 10. The van der Waals surface area contributed by atoms with Gasteiger partial charge in [0.05, 0.1) is 6.61 Å². The summed E-state index contributed by atoms with van der Waals surface area (Å²) in [6.07, 6.45) is 7.08. The third-order valence-electron chi connectivity index (χ3n) is 5.06. The molecule has 0 amide bonds. The maximum atomic E-state index is 12.8. The number of hydrogen-bond acceptors (Lipinski definition) is 2. The summed E-state index contributed by atoms with van der Waals surface area (Å²) in [5, 5.41) is 1.12. The summed E-state index contributed by atoms with van der Waals surface area (Å²) in [7, 11) is 0. The molecule has 3 nitrogen and oxygen atoms in total. The van der Waals surface area contributed by atoms with Crippen LogP contribution in [0, 0.1) is 0 Å². The van der Waals surface area contributed by atoms with E-state index in [0.29, 0.717) is 18.8 Å². The monoisotopic (exact) mass is 376 g/mol. The van der Waals surface area contributed by atoms with E-state index in [1.165, 1.54) is 25.7 Å². The molecule has 2 aromatic carbocycles. The minimum absolute atomic E-state index is 0.241. The van der Waals surface area contributed by atoms with Crippen LogP contribution in [0.25, 0.3) is 10.9 Å². The van der Waals surface area contributed by atoms with Crippen LogP contribution in [0.5, 0.6) is 0 Å². The van der Waals surface area contributed by atoms with Crippen molar-refractivity contribution in [1.82, 2.24) is 0 Å². The lowest BCUT2D eigenvalue weighted by Crippen LogP contribution is -2.42. The van der Waals surface area contributed by atoms with E-state index < -0.39 is 0 Å². The molecule has 0 saturated heterocycles. The van der Waals surface area contributed by atoms with Gasteiger partial charge in [-0.25, -0.2) is 4.79 Å². The zero-order chi connectivity index (χ0) is 19.6. The molecule has 0 unspecified atom stereocenters. The standard InChI is InChI=1S/C25H30NO2/c1-2-3-4-5-6-12-19-28-25(27)24-18-17-22-15-10-11-16-23(22)26(24)20-21-13-8-7-9-14-21/h7-11,13-18H,2-6,12,19-20H2,1H3/q+1. The number of hydrogen-bond donors (Lipinski definition) is 0. The number of benzene rings is 2. The Morgan fingerprint density at radius 3 is 2.36 bits per heavy atom. The first-order valence-electron chi connectivity index (χ1n) is 10.4. The van der Waals surface area contributed by atoms with Crippen LogP contribution in [-0.2, 0) is 11.3 Å². The first-order valence-corrected chi connectivity index (χ1v) is 10.4. The summed E-state index contributed by atoms with van der Waals surface area (Å²) in [5.41, 5.74) is 2.81. The Hall–Kier alpha value is -2.68. The number of carbonyl (C=O) groups is 1. The van der Waals surface area contributed by atoms with Crippen LogP contribution in [0.2, 0.25) is 0 Å². The van der Waals surface area contributed by atoms with Gasteiger partial charge in [0.2, 0.25) is 5.52 Å². The predicted molar refractivity (Wildman–Crippen MR) is 113 cm³/mol. The summed E-state index contributed by atoms with van der Waals surface area (Å²) in [4.78, 5) is 12.8. The van der Waals surface area contributed by atoms with E-state index >= 15 is 0 Å². The fourth-order valence-electron chi connectivity index (χ4n) is 3.50. The molecule has 3 heteroatoms. The van der Waals surface area contributed by atoms with Gasteiger partial charge >= 0.3 is 5.97 Å². The van der Waals surface area contributed by atoms with Crippen molar-refractivity contribution in [1.29, 1.82) is 0 Å². The van der Waals surface area contributed by atoms with Crippen LogP contribution in [-0.4, -0.2) is 12.6 Å². The fraction of sp³-hybridized carbons (Fsp3) is 0.360. The van der Waals surface area contributed by atoms with Gasteiger partial charge in [0, 0.05) is 23.1 Å². The number of nitrogens with zero attached hydrogens (tertiary/aromatic N) is 1. The topological polar surface area (TPSA) is 30.2 Å². The first-order chi connectivity index (χ1) is 13.8. The Labute approximate surface area is 168 Å². The predicted octanol–water partition coefficient (Wildman–Crippen LogP) is 5.69. The second-order valence-corrected chi connectivity index (χ2v) is 7.25. The lowest BCUT2D eigenvalue weighted by Gasteiger charge is -2.08. The third kappa shape index (κ3) is 5.41. The Kier molecular flexibility index (Phi) is 7.60. The van der Waals surface area contributed by atoms with Crippen molar-refractivity contribution in [2.75, 3.05) is 6.61 Å². The van der Waals surface area contributed by atoms with Crippen LogP contribution in [0.1, 0.15) is 61.5 Å². The van der Waals surface area contributed by atoms with Gasteiger partial charge in [-0.2, -0.15) is 4.57 Å². The number of aromatic nitrogens is 1. The fourth-order valence-corrected chi connectivity index (χ4v) is 3.50. The Morgan fingerprint density at radius 2 is 1.54 bits per heavy atom. The van der Waals surface area contributed by atoms with E-state index in [2.05, 4.69) is 35.8 Å². The Bertz CT molecular complexity index is 889. The molecule has 1 aromatic heterocycles. The number of fused-ring (bicyclic) bond motifs is 1. The van der Waals surface area contributed by atoms with E-state index in [1.54, 1.807) is 0 Å². The van der Waals surface area contributed by atoms with Gasteiger partial charge in [0.25, 0.3) is 5.69 Å². The summed E-state index contributed by atoms with van der Waals surface area (Å²) in [5.74, 6) is -0.241. The molecule has 0 bridgehead atoms. The number of unbranched alkanes of at least 4 members (excludes halogenated alkanes) is 5. The molecule has 0 saturated carbocycles. The Balaban J connectivity index is 1.72. The third-order valence-corrected chi connectivity index (χ3v) is 5.06. The minimum Gasteiger partial charge on any atom is -0.458 e. The summed E-state index contributed by atoms with van der Waals surface area (Å²) < 4.78 is 7.67. The number of esters is 1. The van der Waals surface area contributed by atoms with Gasteiger partial charge in [-0.3, -0.25) is 0 Å². The maximum absolute atomic E-state index is 12.8. The minimum atomic E-state index is -0.241. The van der Waals surface area contributed by atoms with Crippen molar-refractivity contribution in [3.05, 3.63) is 78.0 Å². The summed E-state index contributed by atoms with van der Waals surface area (Å²) in [6, 6.07) is 22.3. The highest BCUT2D eigenvalue weighted by atomic mass is 16.5. The van der Waals surface area contributed by atoms with E-state index in [4.69, 9.17) is 4.74 Å². The van der Waals surface area contributed by atoms with Crippen LogP contribution in [0.4, 0.5) is 0 Å². The number of ether oxygens (including phenoxy) is 1. The zero-order valence-corrected chi connectivity index (χ0v) is 16.8. The molecule has 0 atom stereocenters. The molecule has 3 aromatic rings. The highest BCUT2D eigenvalue weighted by molar-refractivity contribution is 5.88. The first kappa shape index (κ1) is 20.1. The van der Waals surface area contributed by atoms with E-state index in [9.17, 15) is 4.79 Å². The average molecular weight is 377 g/mol. The summed E-state index contributed by atoms with van der Waals surface area (Å²) in [6.45, 7) is 3.35. The van der Waals surface area contributed by atoms with Crippen LogP contribution >= 0.6 is 0 Å². The molecule has 0 aliphatic heterocycles. The molecule has 3 rings (SSSR count). The van der Waals surface area contributed by atoms with Crippen molar-refractivity contribution >= 4 is 16.9 Å². The lowest BCUT2D eigenvalue weighted by molar-refractivity contribution is -0.665. The van der Waals surface area contributed by atoms with Gasteiger partial charge in [0.1, 0.15) is 0 Å². The highest BCUT2D eigenvalue weighted by Gasteiger charge is 2.23. The van der Waals surface area contributed by atoms with Crippen LogP contribution in [0.3, 0.4) is 0 Å². The lowest BCUT2D eigenvalue weighted by atomic mass is 10.1. The summed E-state index contributed by atoms with van der Waals surface area (Å²) >= 11 is 0. The number of para-hydroxylation sites is 1. The SMILES string of the molecule is CCCCCCCCOC(=O)c1ccc2ccccc2[n+]1Cc1ccccc1. The molecular formula is C25H30NO2+. The molecule has 0 spiro atoms. The molecule has 0 radical (unpaired) electrons. The second kappa shape index (κ2) is 10.6. The average Bonchev–Trinajstić information content (AvgIpc) is 2.74. The van der Waals surface area contributed by atoms with E-state index in [0.717, 1.165) is 29.3 Å². The molecule has 0 N–H and O–H groups in total. The molecule has 1 heterocycles. The zero-order valence-electron chi connectivity index (χ0n) is 16.8. The number of carbonyl (C=O) groups excluding carboxylic acids is 1. The molecular weight excluding hydrogens is 346 g/mol. The van der Waals surface area contributed by atoms with Crippen molar-refractivity contribution < 1.29 is 14.1 Å². The van der Waals surface area contributed by atoms with Crippen molar-refractivity contribution in [2.45, 2.75) is 52.0 Å². The van der Waals surface area contributed by atoms with E-state index in [-0.39, 0.29) is 5.97 Å². The van der Waals surface area contributed by atoms with Crippen molar-refractivity contribution in [3.63, 3.8) is 0 Å². The van der Waals surface area contributed by atoms with Crippen LogP contribution in [0.15, 0.2) is 66.7 Å². The van der Waals surface area contributed by atoms with Crippen molar-refractivity contribution in [3.8, 4) is 0 Å². The Morgan fingerprint density at radius 1 is 0.821 bits per heavy atom. The van der Waals surface area contributed by atoms with E-state index in [1.807, 2.05) is 42.5 Å². The molecule has 0 aliphatic carbocycles. The normalized spacial score (nSPS) is 10.9. The number of pyridine rings is 1. The molecule has 0 fully saturated rings. The van der Waals surface area contributed by atoms with Gasteiger partial charge < -0.3 is 4.74 Å². The second-order valence-electron chi connectivity index (χ2n) is 7.25. The van der Waals surface area contributed by atoms with Crippen LogP contribution < -0.4 is 4.57 Å². The van der Waals surface area contributed by atoms with Gasteiger partial charge in [0.15, 0.2) is 6.54 Å². The largest absolute Gasteiger partial charge is 0.458 e. The van der Waals surface area contributed by atoms with Gasteiger partial charge in [-0.05, 0) is 18.6 Å². The van der Waals surface area contributed by atoms with Crippen molar-refractivity contribution in [2.24, 2.45) is 0 Å². The van der Waals surface area contributed by atoms with Gasteiger partial charge in [-0.15, -0.1) is 0 Å². The van der Waals surface area contributed by atoms with Gasteiger partial charge in [-0.1, -0.05) is 81.5 Å². The molecule has 28 heavy (non-hydrogen) atoms. The smallest absolute Gasteiger partial charge is 0.403 e. The highest BCUT2D eigenvalue weighted by Crippen LogP contribution is 2.13. The molecule has 146 valence electrons.